The second-order valence-corrected chi connectivity index (χ2v) is 3.91. The van der Waals surface area contributed by atoms with E-state index in [2.05, 4.69) is 10.1 Å². The molecule has 1 heterocycles. The van der Waals surface area contributed by atoms with Gasteiger partial charge >= 0.3 is 5.97 Å². The third-order valence-electron chi connectivity index (χ3n) is 2.83. The third kappa shape index (κ3) is 1.95. The number of esters is 1. The molecule has 1 atom stereocenters. The molecule has 1 aliphatic heterocycles. The smallest absolute Gasteiger partial charge is 0.322 e. The van der Waals surface area contributed by atoms with Crippen molar-refractivity contribution in [2.75, 3.05) is 7.11 Å². The highest BCUT2D eigenvalue weighted by Crippen LogP contribution is 2.27. The number of carbonyl (C=O) groups excluding carboxylic acids is 4. The van der Waals surface area contributed by atoms with Gasteiger partial charge in [-0.25, -0.2) is 0 Å². The number of amides is 3. The predicted octanol–water partition coefficient (Wildman–Crippen LogP) is -0.688. The third-order valence-corrected chi connectivity index (χ3v) is 2.83. The molecule has 98 valence electrons. The molecule has 1 aromatic rings. The average molecular weight is 262 g/mol. The van der Waals surface area contributed by atoms with Crippen LogP contribution in [-0.4, -0.2) is 30.8 Å². The fourth-order valence-corrected chi connectivity index (χ4v) is 2.00. The molecule has 0 radical (unpaired) electrons. The number of hydrogen-bond donors (Lipinski definition) is 2. The summed E-state index contributed by atoms with van der Waals surface area (Å²) in [6.07, 6.45) is 0. The van der Waals surface area contributed by atoms with E-state index >= 15 is 0 Å². The highest BCUT2D eigenvalue weighted by molar-refractivity contribution is 6.23. The van der Waals surface area contributed by atoms with Gasteiger partial charge in [0.2, 0.25) is 5.91 Å². The molecule has 7 heteroatoms. The van der Waals surface area contributed by atoms with Crippen molar-refractivity contribution in [2.45, 2.75) is 5.92 Å². The highest BCUT2D eigenvalue weighted by atomic mass is 16.5. The highest BCUT2D eigenvalue weighted by Gasteiger charge is 2.36. The Labute approximate surface area is 107 Å². The van der Waals surface area contributed by atoms with Crippen LogP contribution in [0.5, 0.6) is 0 Å². The van der Waals surface area contributed by atoms with Crippen LogP contribution in [0.15, 0.2) is 18.2 Å². The Morgan fingerprint density at radius 1 is 1.26 bits per heavy atom. The van der Waals surface area contributed by atoms with Gasteiger partial charge in [-0.2, -0.15) is 0 Å². The van der Waals surface area contributed by atoms with Crippen molar-refractivity contribution in [3.05, 3.63) is 34.9 Å². The number of primary amides is 1. The molecule has 7 nitrogen and oxygen atoms in total. The van der Waals surface area contributed by atoms with Crippen molar-refractivity contribution in [3.8, 4) is 0 Å². The standard InChI is InChI=1S/C12H10N2O5/c1-19-12(18)8(9(13)15)5-3-2-4-6-7(5)11(17)14-10(6)16/h2-4,8H,1H3,(H2,13,15)(H,14,16,17). The lowest BCUT2D eigenvalue weighted by atomic mass is 9.91. The normalized spacial score (nSPS) is 14.6. The molecule has 0 bridgehead atoms. The number of imide groups is 1. The summed E-state index contributed by atoms with van der Waals surface area (Å²) in [5.74, 6) is -4.49. The SMILES string of the molecule is COC(=O)C(C(N)=O)c1cccc2c1C(=O)NC2=O. The molecule has 3 N–H and O–H groups in total. The molecular formula is C12H10N2O5. The first-order valence-corrected chi connectivity index (χ1v) is 5.33. The summed E-state index contributed by atoms with van der Waals surface area (Å²) < 4.78 is 4.49. The maximum absolute atomic E-state index is 11.7. The van der Waals surface area contributed by atoms with Crippen LogP contribution in [0.4, 0.5) is 0 Å². The second-order valence-electron chi connectivity index (χ2n) is 3.91. The van der Waals surface area contributed by atoms with Gasteiger partial charge in [0.05, 0.1) is 18.2 Å². The summed E-state index contributed by atoms with van der Waals surface area (Å²) in [4.78, 5) is 46.2. The number of carbonyl (C=O) groups is 4. The monoisotopic (exact) mass is 262 g/mol. The number of rotatable bonds is 3. The van der Waals surface area contributed by atoms with Gasteiger partial charge in [0.1, 0.15) is 0 Å². The van der Waals surface area contributed by atoms with Crippen molar-refractivity contribution in [3.63, 3.8) is 0 Å². The van der Waals surface area contributed by atoms with Gasteiger partial charge in [-0.3, -0.25) is 24.5 Å². The van der Waals surface area contributed by atoms with Crippen molar-refractivity contribution in [1.29, 1.82) is 0 Å². The number of ether oxygens (including phenoxy) is 1. The van der Waals surface area contributed by atoms with E-state index < -0.39 is 29.6 Å². The molecular weight excluding hydrogens is 252 g/mol. The first-order valence-electron chi connectivity index (χ1n) is 5.33. The summed E-state index contributed by atoms with van der Waals surface area (Å²) in [5.41, 5.74) is 5.33. The van der Waals surface area contributed by atoms with E-state index in [9.17, 15) is 19.2 Å². The van der Waals surface area contributed by atoms with Crippen LogP contribution in [0.2, 0.25) is 0 Å². The van der Waals surface area contributed by atoms with E-state index in [1.54, 1.807) is 0 Å². The Kier molecular flexibility index (Phi) is 3.04. The Morgan fingerprint density at radius 3 is 2.53 bits per heavy atom. The van der Waals surface area contributed by atoms with Crippen LogP contribution < -0.4 is 11.1 Å². The van der Waals surface area contributed by atoms with Crippen molar-refractivity contribution in [1.82, 2.24) is 5.32 Å². The number of benzene rings is 1. The van der Waals surface area contributed by atoms with Gasteiger partial charge in [0, 0.05) is 0 Å². The zero-order valence-electron chi connectivity index (χ0n) is 9.93. The molecule has 0 saturated carbocycles. The Hall–Kier alpha value is -2.70. The molecule has 19 heavy (non-hydrogen) atoms. The molecule has 1 unspecified atom stereocenters. The zero-order valence-corrected chi connectivity index (χ0v) is 9.93. The molecule has 0 aliphatic carbocycles. The van der Waals surface area contributed by atoms with Crippen LogP contribution in [-0.2, 0) is 14.3 Å². The van der Waals surface area contributed by atoms with E-state index in [0.29, 0.717) is 0 Å². The van der Waals surface area contributed by atoms with E-state index in [1.807, 2.05) is 0 Å². The zero-order chi connectivity index (χ0) is 14.2. The fourth-order valence-electron chi connectivity index (χ4n) is 2.00. The number of nitrogens with two attached hydrogens (primary N) is 1. The van der Waals surface area contributed by atoms with E-state index in [0.717, 1.165) is 7.11 Å². The summed E-state index contributed by atoms with van der Waals surface area (Å²) in [6.45, 7) is 0. The van der Waals surface area contributed by atoms with Crippen LogP contribution >= 0.6 is 0 Å². The van der Waals surface area contributed by atoms with Gasteiger partial charge in [0.25, 0.3) is 11.8 Å². The molecule has 1 aromatic carbocycles. The summed E-state index contributed by atoms with van der Waals surface area (Å²) in [5, 5.41) is 2.09. The van der Waals surface area contributed by atoms with Gasteiger partial charge in [-0.05, 0) is 11.6 Å². The Bertz CT molecular complexity index is 608. The lowest BCUT2D eigenvalue weighted by Gasteiger charge is -2.13. The van der Waals surface area contributed by atoms with Crippen LogP contribution in [0.1, 0.15) is 32.2 Å². The Balaban J connectivity index is 2.63. The maximum atomic E-state index is 11.7. The Morgan fingerprint density at radius 2 is 1.95 bits per heavy atom. The van der Waals surface area contributed by atoms with Crippen LogP contribution in [0, 0.1) is 0 Å². The maximum Gasteiger partial charge on any atom is 0.322 e. The molecule has 1 aliphatic rings. The summed E-state index contributed by atoms with van der Waals surface area (Å²) >= 11 is 0. The first-order chi connectivity index (χ1) is 8.97. The van der Waals surface area contributed by atoms with Crippen molar-refractivity contribution in [2.24, 2.45) is 5.73 Å². The summed E-state index contributed by atoms with van der Waals surface area (Å²) in [7, 11) is 1.10. The molecule has 0 saturated heterocycles. The first kappa shape index (κ1) is 12.7. The lowest BCUT2D eigenvalue weighted by Crippen LogP contribution is -2.31. The van der Waals surface area contributed by atoms with E-state index in [-0.39, 0.29) is 16.7 Å². The van der Waals surface area contributed by atoms with E-state index in [4.69, 9.17) is 5.73 Å². The minimum Gasteiger partial charge on any atom is -0.468 e. The molecule has 0 spiro atoms. The van der Waals surface area contributed by atoms with Crippen LogP contribution in [0.25, 0.3) is 0 Å². The quantitative estimate of drug-likeness (QED) is 0.425. The number of nitrogens with one attached hydrogen (secondary N) is 1. The second kappa shape index (κ2) is 4.52. The predicted molar refractivity (Wildman–Crippen MR) is 62.2 cm³/mol. The largest absolute Gasteiger partial charge is 0.468 e. The van der Waals surface area contributed by atoms with Crippen LogP contribution in [0.3, 0.4) is 0 Å². The van der Waals surface area contributed by atoms with Gasteiger partial charge in [0.15, 0.2) is 5.92 Å². The number of methoxy groups -OCH3 is 1. The molecule has 0 aromatic heterocycles. The molecule has 3 amide bonds. The fraction of sp³-hybridized carbons (Fsp3) is 0.167. The minimum atomic E-state index is -1.42. The van der Waals surface area contributed by atoms with Gasteiger partial charge in [-0.15, -0.1) is 0 Å². The number of hydrogen-bond acceptors (Lipinski definition) is 5. The molecule has 0 fully saturated rings. The number of fused-ring (bicyclic) bond motifs is 1. The average Bonchev–Trinajstić information content (AvgIpc) is 2.65. The van der Waals surface area contributed by atoms with Gasteiger partial charge in [-0.1, -0.05) is 12.1 Å². The van der Waals surface area contributed by atoms with Crippen molar-refractivity contribution >= 4 is 23.7 Å². The van der Waals surface area contributed by atoms with E-state index in [1.165, 1.54) is 18.2 Å². The summed E-state index contributed by atoms with van der Waals surface area (Å²) in [6, 6.07) is 4.28. The molecule has 2 rings (SSSR count). The topological polar surface area (TPSA) is 116 Å². The minimum absolute atomic E-state index is 0.0123. The van der Waals surface area contributed by atoms with Gasteiger partial charge < -0.3 is 10.5 Å². The van der Waals surface area contributed by atoms with Crippen molar-refractivity contribution < 1.29 is 23.9 Å². The lowest BCUT2D eigenvalue weighted by molar-refractivity contribution is -0.145.